The fourth-order valence-electron chi connectivity index (χ4n) is 3.34. The second kappa shape index (κ2) is 7.98. The van der Waals surface area contributed by atoms with Gasteiger partial charge in [-0.15, -0.1) is 5.10 Å². The number of tetrazole rings is 1. The number of alkyl halides is 2. The van der Waals surface area contributed by atoms with Crippen LogP contribution in [0.15, 0.2) is 36.7 Å². The minimum atomic E-state index is -2.86. The predicted molar refractivity (Wildman–Crippen MR) is 95.0 cm³/mol. The van der Waals surface area contributed by atoms with Crippen molar-refractivity contribution in [3.8, 4) is 11.4 Å². The molecular weight excluding hydrogens is 370 g/mol. The number of halogens is 2. The Bertz CT molecular complexity index is 910. The van der Waals surface area contributed by atoms with Gasteiger partial charge in [0.1, 0.15) is 11.6 Å². The van der Waals surface area contributed by atoms with Crippen LogP contribution in [-0.4, -0.2) is 60.9 Å². The number of hydrogen-bond donors (Lipinski definition) is 1. The number of benzene rings is 1. The maximum absolute atomic E-state index is 12.3. The molecular formula is C17H20F2N8O. The van der Waals surface area contributed by atoms with Crippen LogP contribution in [-0.2, 0) is 13.6 Å². The van der Waals surface area contributed by atoms with Gasteiger partial charge in [0.05, 0.1) is 18.3 Å². The van der Waals surface area contributed by atoms with Crippen LogP contribution in [0.3, 0.4) is 0 Å². The van der Waals surface area contributed by atoms with Crippen molar-refractivity contribution in [3.05, 3.63) is 48.3 Å². The first-order valence-electron chi connectivity index (χ1n) is 8.86. The molecule has 28 heavy (non-hydrogen) atoms. The van der Waals surface area contributed by atoms with Gasteiger partial charge in [-0.1, -0.05) is 0 Å². The van der Waals surface area contributed by atoms with Crippen LogP contribution in [0.2, 0.25) is 0 Å². The molecule has 1 aliphatic rings. The van der Waals surface area contributed by atoms with E-state index >= 15 is 0 Å². The summed E-state index contributed by atoms with van der Waals surface area (Å²) in [6.45, 7) is 0.145. The number of piperazine rings is 1. The molecule has 11 heteroatoms. The van der Waals surface area contributed by atoms with E-state index in [4.69, 9.17) is 0 Å². The zero-order valence-electron chi connectivity index (χ0n) is 15.2. The number of nitrogens with one attached hydrogen (secondary N) is 1. The zero-order valence-corrected chi connectivity index (χ0v) is 15.2. The lowest BCUT2D eigenvalue weighted by molar-refractivity contribution is -0.0498. The Labute approximate surface area is 159 Å². The van der Waals surface area contributed by atoms with E-state index in [0.717, 1.165) is 25.5 Å². The van der Waals surface area contributed by atoms with Crippen LogP contribution in [0.1, 0.15) is 17.7 Å². The van der Waals surface area contributed by atoms with Crippen LogP contribution < -0.4 is 10.1 Å². The Hall–Kier alpha value is -2.92. The van der Waals surface area contributed by atoms with E-state index in [2.05, 4.69) is 35.5 Å². The third kappa shape index (κ3) is 3.85. The lowest BCUT2D eigenvalue weighted by atomic mass is 10.1. The minimum absolute atomic E-state index is 0.0883. The third-order valence-electron chi connectivity index (χ3n) is 4.70. The van der Waals surface area contributed by atoms with E-state index < -0.39 is 6.61 Å². The number of rotatable bonds is 6. The van der Waals surface area contributed by atoms with Crippen molar-refractivity contribution in [2.75, 3.05) is 19.6 Å². The average Bonchev–Trinajstić information content (AvgIpc) is 3.31. The average molecular weight is 390 g/mol. The molecule has 0 amide bonds. The van der Waals surface area contributed by atoms with Crippen LogP contribution in [0.4, 0.5) is 8.78 Å². The highest BCUT2D eigenvalue weighted by Crippen LogP contribution is 2.23. The second-order valence-electron chi connectivity index (χ2n) is 6.47. The van der Waals surface area contributed by atoms with Crippen molar-refractivity contribution in [2.45, 2.75) is 19.2 Å². The summed E-state index contributed by atoms with van der Waals surface area (Å²) in [4.78, 5) is 6.75. The van der Waals surface area contributed by atoms with Gasteiger partial charge in [0.25, 0.3) is 0 Å². The van der Waals surface area contributed by atoms with Gasteiger partial charge >= 0.3 is 6.61 Å². The van der Waals surface area contributed by atoms with Gasteiger partial charge < -0.3 is 14.6 Å². The molecule has 3 aromatic rings. The van der Waals surface area contributed by atoms with Crippen molar-refractivity contribution < 1.29 is 13.5 Å². The fraction of sp³-hybridized carbons (Fsp3) is 0.412. The normalized spacial score (nSPS) is 17.9. The van der Waals surface area contributed by atoms with Gasteiger partial charge in [0.2, 0.25) is 0 Å². The Balaban J connectivity index is 1.54. The Morgan fingerprint density at radius 3 is 2.82 bits per heavy atom. The quantitative estimate of drug-likeness (QED) is 0.676. The molecule has 0 spiro atoms. The molecule has 1 atom stereocenters. The molecule has 1 unspecified atom stereocenters. The van der Waals surface area contributed by atoms with Crippen molar-refractivity contribution >= 4 is 0 Å². The maximum Gasteiger partial charge on any atom is 0.387 e. The Kier molecular flexibility index (Phi) is 5.26. The Morgan fingerprint density at radius 2 is 2.11 bits per heavy atom. The summed E-state index contributed by atoms with van der Waals surface area (Å²) < 4.78 is 32.6. The number of aryl methyl sites for hydroxylation is 1. The summed E-state index contributed by atoms with van der Waals surface area (Å²) >= 11 is 0. The molecule has 1 aliphatic heterocycles. The topological polar surface area (TPSA) is 85.9 Å². The minimum Gasteiger partial charge on any atom is -0.435 e. The standard InChI is InChI=1S/C17H20F2N8O/c1-25-8-7-21-16(25)14-10-20-6-9-26(14)11-15-22-23-24-27(15)12-2-4-13(5-3-12)28-17(18)19/h2-5,7-8,14,17,20H,6,9-11H2,1H3. The van der Waals surface area contributed by atoms with Gasteiger partial charge in [0, 0.05) is 39.1 Å². The summed E-state index contributed by atoms with van der Waals surface area (Å²) in [6.07, 6.45) is 3.71. The molecule has 0 saturated carbocycles. The van der Waals surface area contributed by atoms with Gasteiger partial charge in [0.15, 0.2) is 5.82 Å². The molecule has 2 aromatic heterocycles. The van der Waals surface area contributed by atoms with E-state index in [0.29, 0.717) is 18.1 Å². The molecule has 3 heterocycles. The molecule has 4 rings (SSSR count). The molecule has 148 valence electrons. The summed E-state index contributed by atoms with van der Waals surface area (Å²) in [5, 5.41) is 15.4. The number of nitrogens with zero attached hydrogens (tertiary/aromatic N) is 7. The van der Waals surface area contributed by atoms with Crippen molar-refractivity contribution in [2.24, 2.45) is 7.05 Å². The lowest BCUT2D eigenvalue weighted by Crippen LogP contribution is -2.46. The van der Waals surface area contributed by atoms with Crippen LogP contribution >= 0.6 is 0 Å². The number of hydrogen-bond acceptors (Lipinski definition) is 7. The summed E-state index contributed by atoms with van der Waals surface area (Å²) in [5.41, 5.74) is 0.672. The summed E-state index contributed by atoms with van der Waals surface area (Å²) in [5.74, 6) is 1.72. The summed E-state index contributed by atoms with van der Waals surface area (Å²) in [7, 11) is 1.97. The van der Waals surface area contributed by atoms with Crippen molar-refractivity contribution in [3.63, 3.8) is 0 Å². The smallest absolute Gasteiger partial charge is 0.387 e. The molecule has 1 saturated heterocycles. The van der Waals surface area contributed by atoms with E-state index in [1.54, 1.807) is 23.0 Å². The first-order valence-corrected chi connectivity index (χ1v) is 8.86. The highest BCUT2D eigenvalue weighted by atomic mass is 19.3. The molecule has 1 fully saturated rings. The fourth-order valence-corrected chi connectivity index (χ4v) is 3.34. The maximum atomic E-state index is 12.3. The van der Waals surface area contributed by atoms with Crippen LogP contribution in [0.25, 0.3) is 5.69 Å². The third-order valence-corrected chi connectivity index (χ3v) is 4.70. The number of aromatic nitrogens is 6. The van der Waals surface area contributed by atoms with Gasteiger partial charge in [-0.05, 0) is 34.7 Å². The molecule has 1 aromatic carbocycles. The number of imidazole rings is 1. The van der Waals surface area contributed by atoms with Crippen molar-refractivity contribution in [1.29, 1.82) is 0 Å². The van der Waals surface area contributed by atoms with Crippen LogP contribution in [0.5, 0.6) is 5.75 Å². The highest BCUT2D eigenvalue weighted by Gasteiger charge is 2.28. The van der Waals surface area contributed by atoms with E-state index in [1.165, 1.54) is 12.1 Å². The Morgan fingerprint density at radius 1 is 1.29 bits per heavy atom. The monoisotopic (exact) mass is 390 g/mol. The van der Waals surface area contributed by atoms with Gasteiger partial charge in [-0.2, -0.15) is 13.5 Å². The van der Waals surface area contributed by atoms with Gasteiger partial charge in [-0.25, -0.2) is 4.98 Å². The first kappa shape index (κ1) is 18.4. The summed E-state index contributed by atoms with van der Waals surface area (Å²) in [6, 6.07) is 6.32. The first-order chi connectivity index (χ1) is 13.6. The van der Waals surface area contributed by atoms with E-state index in [1.807, 2.05) is 17.8 Å². The largest absolute Gasteiger partial charge is 0.435 e. The molecule has 1 N–H and O–H groups in total. The molecule has 0 radical (unpaired) electrons. The second-order valence-corrected chi connectivity index (χ2v) is 6.47. The highest BCUT2D eigenvalue weighted by molar-refractivity contribution is 5.37. The lowest BCUT2D eigenvalue weighted by Gasteiger charge is -2.35. The van der Waals surface area contributed by atoms with E-state index in [9.17, 15) is 8.78 Å². The zero-order chi connectivity index (χ0) is 19.5. The van der Waals surface area contributed by atoms with Gasteiger partial charge in [-0.3, -0.25) is 4.90 Å². The van der Waals surface area contributed by atoms with E-state index in [-0.39, 0.29) is 11.8 Å². The molecule has 0 bridgehead atoms. The molecule has 0 aliphatic carbocycles. The van der Waals surface area contributed by atoms with Crippen LogP contribution in [0, 0.1) is 0 Å². The van der Waals surface area contributed by atoms with Crippen molar-refractivity contribution in [1.82, 2.24) is 40.0 Å². The number of ether oxygens (including phenoxy) is 1. The SMILES string of the molecule is Cn1ccnc1C1CNCCN1Cc1nnnn1-c1ccc(OC(F)F)cc1. The predicted octanol–water partition coefficient (Wildman–Crippen LogP) is 1.14. The molecule has 9 nitrogen and oxygen atoms in total.